The summed E-state index contributed by atoms with van der Waals surface area (Å²) in [5.74, 6) is -1.13. The third kappa shape index (κ3) is 5.17. The fourth-order valence-electron chi connectivity index (χ4n) is 4.19. The van der Waals surface area contributed by atoms with Crippen molar-refractivity contribution in [3.05, 3.63) is 118 Å². The molecule has 6 heteroatoms. The second-order valence-electron chi connectivity index (χ2n) is 8.71. The van der Waals surface area contributed by atoms with E-state index in [1.807, 2.05) is 67.6 Å². The van der Waals surface area contributed by atoms with Crippen LogP contribution < -0.4 is 5.69 Å². The van der Waals surface area contributed by atoms with Crippen LogP contribution in [-0.2, 0) is 13.0 Å². The molecule has 0 saturated heterocycles. The first-order valence-electron chi connectivity index (χ1n) is 11.7. The first kappa shape index (κ1) is 24.0. The van der Waals surface area contributed by atoms with Gasteiger partial charge in [-0.05, 0) is 40.7 Å². The number of hydrogen-bond acceptors (Lipinski definition) is 3. The minimum atomic E-state index is -0.976. The van der Waals surface area contributed by atoms with E-state index in [9.17, 15) is 19.5 Å². The third-order valence-electron chi connectivity index (χ3n) is 6.36. The topological polar surface area (TPSA) is 81.3 Å². The molecule has 4 rings (SSSR count). The number of imidazole rings is 1. The molecule has 0 aliphatic heterocycles. The lowest BCUT2D eigenvalue weighted by Crippen LogP contribution is -2.30. The highest BCUT2D eigenvalue weighted by atomic mass is 16.4. The minimum absolute atomic E-state index is 0.107. The standard InChI is InChI=1S/C29H28N2O4/c1-3-20(2)26-19-31(27(32)17-21-9-5-4-6-10-21)29(35)30(26)18-22-13-15-23(16-14-22)24-11-7-8-12-25(24)28(33)34/h4-16,19-20H,3,17-18H2,1-2H3,(H,33,34). The van der Waals surface area contributed by atoms with E-state index in [0.717, 1.165) is 28.8 Å². The quantitative estimate of drug-likeness (QED) is 0.372. The van der Waals surface area contributed by atoms with Crippen molar-refractivity contribution in [1.82, 2.24) is 9.13 Å². The highest BCUT2D eigenvalue weighted by Crippen LogP contribution is 2.25. The van der Waals surface area contributed by atoms with Crippen LogP contribution in [0.3, 0.4) is 0 Å². The summed E-state index contributed by atoms with van der Waals surface area (Å²) in [5, 5.41) is 9.49. The summed E-state index contributed by atoms with van der Waals surface area (Å²) in [4.78, 5) is 37.8. The lowest BCUT2D eigenvalue weighted by Gasteiger charge is -2.13. The fraction of sp³-hybridized carbons (Fsp3) is 0.207. The summed E-state index contributed by atoms with van der Waals surface area (Å²) in [6.07, 6.45) is 2.67. The molecule has 1 N–H and O–H groups in total. The number of aromatic nitrogens is 2. The van der Waals surface area contributed by atoms with Crippen LogP contribution in [0.4, 0.5) is 0 Å². The molecule has 0 saturated carbocycles. The zero-order chi connectivity index (χ0) is 24.9. The van der Waals surface area contributed by atoms with Crippen LogP contribution in [0, 0.1) is 0 Å². The van der Waals surface area contributed by atoms with Crippen molar-refractivity contribution in [3.8, 4) is 11.1 Å². The predicted octanol–water partition coefficient (Wildman–Crippen LogP) is 5.46. The van der Waals surface area contributed by atoms with Gasteiger partial charge in [0.15, 0.2) is 0 Å². The number of rotatable bonds is 8. The van der Waals surface area contributed by atoms with Gasteiger partial charge in [-0.1, -0.05) is 86.6 Å². The smallest absolute Gasteiger partial charge is 0.336 e. The Balaban J connectivity index is 1.64. The van der Waals surface area contributed by atoms with E-state index in [2.05, 4.69) is 6.92 Å². The maximum absolute atomic E-state index is 13.3. The number of nitrogens with zero attached hydrogens (tertiary/aromatic N) is 2. The van der Waals surface area contributed by atoms with Gasteiger partial charge in [0.05, 0.1) is 18.5 Å². The number of carbonyl (C=O) groups is 2. The van der Waals surface area contributed by atoms with Crippen molar-refractivity contribution in [2.75, 3.05) is 0 Å². The van der Waals surface area contributed by atoms with Crippen LogP contribution in [0.5, 0.6) is 0 Å². The van der Waals surface area contributed by atoms with Crippen LogP contribution in [0.2, 0.25) is 0 Å². The van der Waals surface area contributed by atoms with Crippen molar-refractivity contribution < 1.29 is 14.7 Å². The molecular weight excluding hydrogens is 440 g/mol. The Morgan fingerprint density at radius 1 is 0.886 bits per heavy atom. The Morgan fingerprint density at radius 3 is 2.20 bits per heavy atom. The second-order valence-corrected chi connectivity index (χ2v) is 8.71. The van der Waals surface area contributed by atoms with E-state index < -0.39 is 5.97 Å². The summed E-state index contributed by atoms with van der Waals surface area (Å²) in [5.41, 5.74) is 3.89. The minimum Gasteiger partial charge on any atom is -0.478 e. The van der Waals surface area contributed by atoms with Crippen LogP contribution in [0.1, 0.15) is 58.2 Å². The fourth-order valence-corrected chi connectivity index (χ4v) is 4.19. The molecule has 1 atom stereocenters. The molecule has 0 fully saturated rings. The van der Waals surface area contributed by atoms with Crippen molar-refractivity contribution in [1.29, 1.82) is 0 Å². The first-order chi connectivity index (χ1) is 16.9. The first-order valence-corrected chi connectivity index (χ1v) is 11.7. The molecule has 4 aromatic rings. The summed E-state index contributed by atoms with van der Waals surface area (Å²) in [6, 6.07) is 23.8. The van der Waals surface area contributed by atoms with Gasteiger partial charge in [-0.25, -0.2) is 14.2 Å². The molecule has 178 valence electrons. The van der Waals surface area contributed by atoms with E-state index >= 15 is 0 Å². The lowest BCUT2D eigenvalue weighted by molar-refractivity contribution is 0.0697. The Labute approximate surface area is 204 Å². The number of carbonyl (C=O) groups excluding carboxylic acids is 1. The number of hydrogen-bond donors (Lipinski definition) is 1. The molecule has 0 bridgehead atoms. The Morgan fingerprint density at radius 2 is 1.54 bits per heavy atom. The Bertz CT molecular complexity index is 1400. The van der Waals surface area contributed by atoms with Crippen LogP contribution in [0.25, 0.3) is 11.1 Å². The van der Waals surface area contributed by atoms with Gasteiger partial charge in [-0.2, -0.15) is 0 Å². The number of carboxylic acid groups (broad SMARTS) is 1. The van der Waals surface area contributed by atoms with E-state index in [-0.39, 0.29) is 29.5 Å². The average molecular weight is 469 g/mol. The maximum atomic E-state index is 13.3. The van der Waals surface area contributed by atoms with Crippen LogP contribution >= 0.6 is 0 Å². The molecule has 0 spiro atoms. The molecule has 1 aromatic heterocycles. The molecule has 1 unspecified atom stereocenters. The van der Waals surface area contributed by atoms with Gasteiger partial charge in [-0.15, -0.1) is 0 Å². The highest BCUT2D eigenvalue weighted by molar-refractivity contribution is 5.96. The van der Waals surface area contributed by atoms with E-state index in [1.54, 1.807) is 29.0 Å². The van der Waals surface area contributed by atoms with Gasteiger partial charge in [0.2, 0.25) is 5.91 Å². The van der Waals surface area contributed by atoms with Crippen molar-refractivity contribution in [2.24, 2.45) is 0 Å². The van der Waals surface area contributed by atoms with Gasteiger partial charge in [0, 0.05) is 11.9 Å². The molecule has 0 amide bonds. The maximum Gasteiger partial charge on any atom is 0.336 e. The van der Waals surface area contributed by atoms with Gasteiger partial charge in [0.25, 0.3) is 0 Å². The summed E-state index contributed by atoms with van der Waals surface area (Å²) >= 11 is 0. The monoisotopic (exact) mass is 468 g/mol. The van der Waals surface area contributed by atoms with Gasteiger partial charge < -0.3 is 5.11 Å². The number of aromatic carboxylic acids is 1. The van der Waals surface area contributed by atoms with Crippen molar-refractivity contribution in [2.45, 2.75) is 39.2 Å². The molecule has 35 heavy (non-hydrogen) atoms. The van der Waals surface area contributed by atoms with Crippen LogP contribution in [-0.4, -0.2) is 26.1 Å². The summed E-state index contributed by atoms with van der Waals surface area (Å²) in [7, 11) is 0. The molecule has 0 radical (unpaired) electrons. The Hall–Kier alpha value is -4.19. The molecule has 3 aromatic carbocycles. The number of carboxylic acids is 1. The van der Waals surface area contributed by atoms with Crippen LogP contribution in [0.15, 0.2) is 89.9 Å². The molecule has 0 aliphatic carbocycles. The SMILES string of the molecule is CCC(C)c1cn(C(=O)Cc2ccccc2)c(=O)n1Cc1ccc(-c2ccccc2C(=O)O)cc1. The molecule has 0 aliphatic rings. The average Bonchev–Trinajstić information content (AvgIpc) is 3.20. The zero-order valence-corrected chi connectivity index (χ0v) is 19.8. The number of benzene rings is 3. The normalized spacial score (nSPS) is 11.8. The van der Waals surface area contributed by atoms with Crippen molar-refractivity contribution in [3.63, 3.8) is 0 Å². The van der Waals surface area contributed by atoms with Gasteiger partial charge >= 0.3 is 11.7 Å². The van der Waals surface area contributed by atoms with Crippen molar-refractivity contribution >= 4 is 11.9 Å². The van der Waals surface area contributed by atoms with Gasteiger partial charge in [-0.3, -0.25) is 9.36 Å². The molecular formula is C29H28N2O4. The predicted molar refractivity (Wildman–Crippen MR) is 136 cm³/mol. The zero-order valence-electron chi connectivity index (χ0n) is 19.8. The molecule has 6 nitrogen and oxygen atoms in total. The van der Waals surface area contributed by atoms with E-state index in [0.29, 0.717) is 12.1 Å². The third-order valence-corrected chi connectivity index (χ3v) is 6.36. The Kier molecular flexibility index (Phi) is 7.11. The summed E-state index contributed by atoms with van der Waals surface area (Å²) < 4.78 is 2.89. The second kappa shape index (κ2) is 10.4. The lowest BCUT2D eigenvalue weighted by atomic mass is 9.98. The van der Waals surface area contributed by atoms with E-state index in [1.165, 1.54) is 4.57 Å². The highest BCUT2D eigenvalue weighted by Gasteiger charge is 2.20. The largest absolute Gasteiger partial charge is 0.478 e. The summed E-state index contributed by atoms with van der Waals surface area (Å²) in [6.45, 7) is 4.42. The molecule has 1 heterocycles. The van der Waals surface area contributed by atoms with E-state index in [4.69, 9.17) is 0 Å². The van der Waals surface area contributed by atoms with Gasteiger partial charge in [0.1, 0.15) is 0 Å².